The fourth-order valence-electron chi connectivity index (χ4n) is 0.726. The van der Waals surface area contributed by atoms with Gasteiger partial charge in [0.2, 0.25) is 0 Å². The van der Waals surface area contributed by atoms with E-state index in [9.17, 15) is 0 Å². The van der Waals surface area contributed by atoms with Crippen molar-refractivity contribution in [3.8, 4) is 0 Å². The maximum atomic E-state index is 8.86. The highest BCUT2D eigenvalue weighted by Crippen LogP contribution is 2.07. The summed E-state index contributed by atoms with van der Waals surface area (Å²) in [7, 11) is 4.07. The molecule has 3 nitrogen and oxygen atoms in total. The Morgan fingerprint density at radius 3 is 1.92 bits per heavy atom. The van der Waals surface area contributed by atoms with Crippen LogP contribution in [-0.4, -0.2) is 24.5 Å². The van der Waals surface area contributed by atoms with Gasteiger partial charge in [-0.1, -0.05) is 30.8 Å². The summed E-state index contributed by atoms with van der Waals surface area (Å²) in [4.78, 5) is 10.9. The molecule has 4 heteroatoms. The Balaban J connectivity index is 0.000000310. The molecule has 0 saturated heterocycles. The zero-order valence-corrected chi connectivity index (χ0v) is 8.53. The fraction of sp³-hybridized carbons (Fsp3) is 0.222. The highest BCUT2D eigenvalue weighted by Gasteiger charge is 1.87. The van der Waals surface area contributed by atoms with E-state index in [0.29, 0.717) is 0 Å². The van der Waals surface area contributed by atoms with Crippen molar-refractivity contribution in [3.05, 3.63) is 30.3 Å². The average Bonchev–Trinajstić information content (AvgIpc) is 2.05. The summed E-state index contributed by atoms with van der Waals surface area (Å²) in [5.41, 5.74) is 1.25. The van der Waals surface area contributed by atoms with Crippen LogP contribution >= 0.6 is 12.6 Å². The second-order valence-corrected chi connectivity index (χ2v) is 2.90. The predicted octanol–water partition coefficient (Wildman–Crippen LogP) is 2.35. The van der Waals surface area contributed by atoms with E-state index in [4.69, 9.17) is 9.90 Å². The van der Waals surface area contributed by atoms with Gasteiger partial charge < -0.3 is 10.0 Å². The van der Waals surface area contributed by atoms with Gasteiger partial charge in [0, 0.05) is 19.8 Å². The van der Waals surface area contributed by atoms with Crippen molar-refractivity contribution < 1.29 is 9.90 Å². The monoisotopic (exact) mass is 199 g/mol. The molecule has 0 aliphatic rings. The predicted molar refractivity (Wildman–Crippen MR) is 57.8 cm³/mol. The molecule has 0 aliphatic carbocycles. The number of nitrogens with zero attached hydrogens (tertiary/aromatic N) is 1. The standard InChI is InChI=1S/C8H11N.CH2O2S/c1-9(2)8-6-4-3-5-7-8;2-1(3)4/h3-7H,1-2H3;4H,(H,2,3). The minimum Gasteiger partial charge on any atom is -0.473 e. The topological polar surface area (TPSA) is 40.5 Å². The summed E-state index contributed by atoms with van der Waals surface area (Å²) in [5, 5.41) is 6.14. The number of hydrogen-bond acceptors (Lipinski definition) is 2. The van der Waals surface area contributed by atoms with Crippen LogP contribution in [0.25, 0.3) is 0 Å². The molecule has 0 spiro atoms. The highest BCUT2D eigenvalue weighted by molar-refractivity contribution is 7.96. The van der Waals surface area contributed by atoms with E-state index in [1.807, 2.05) is 32.3 Å². The van der Waals surface area contributed by atoms with Crippen molar-refractivity contribution in [1.29, 1.82) is 0 Å². The molecule has 0 unspecified atom stereocenters. The maximum absolute atomic E-state index is 8.86. The second-order valence-electron chi connectivity index (χ2n) is 2.51. The quantitative estimate of drug-likeness (QED) is 0.682. The van der Waals surface area contributed by atoms with Crippen LogP contribution in [0.2, 0.25) is 0 Å². The van der Waals surface area contributed by atoms with Crippen molar-refractivity contribution in [2.75, 3.05) is 19.0 Å². The third-order valence-electron chi connectivity index (χ3n) is 1.27. The van der Waals surface area contributed by atoms with E-state index in [1.165, 1.54) is 5.69 Å². The van der Waals surface area contributed by atoms with Gasteiger partial charge in [-0.25, -0.2) is 4.79 Å². The lowest BCUT2D eigenvalue weighted by atomic mass is 10.3. The van der Waals surface area contributed by atoms with Crippen molar-refractivity contribution in [3.63, 3.8) is 0 Å². The Morgan fingerprint density at radius 1 is 1.31 bits per heavy atom. The number of rotatable bonds is 1. The fourth-order valence-corrected chi connectivity index (χ4v) is 0.726. The van der Waals surface area contributed by atoms with Crippen molar-refractivity contribution >= 4 is 23.6 Å². The minimum atomic E-state index is -1.14. The highest BCUT2D eigenvalue weighted by atomic mass is 32.1. The van der Waals surface area contributed by atoms with Crippen LogP contribution in [-0.2, 0) is 0 Å². The zero-order valence-electron chi connectivity index (χ0n) is 7.64. The Bertz CT molecular complexity index is 245. The first-order chi connectivity index (χ1) is 6.04. The van der Waals surface area contributed by atoms with Gasteiger partial charge in [0.15, 0.2) is 0 Å². The summed E-state index contributed by atoms with van der Waals surface area (Å²) in [5.74, 6) is 0. The largest absolute Gasteiger partial charge is 0.473 e. The third kappa shape index (κ3) is 7.21. The van der Waals surface area contributed by atoms with Crippen LogP contribution < -0.4 is 4.90 Å². The number of carbonyl (C=O) groups is 1. The van der Waals surface area contributed by atoms with Gasteiger partial charge in [-0.15, -0.1) is 0 Å². The first-order valence-corrected chi connectivity index (χ1v) is 4.13. The average molecular weight is 199 g/mol. The van der Waals surface area contributed by atoms with E-state index in [2.05, 4.69) is 29.7 Å². The van der Waals surface area contributed by atoms with Gasteiger partial charge in [-0.3, -0.25) is 0 Å². The number of anilines is 1. The number of hydrogen-bond donors (Lipinski definition) is 2. The van der Waals surface area contributed by atoms with Crippen molar-refractivity contribution in [2.24, 2.45) is 0 Å². The van der Waals surface area contributed by atoms with Gasteiger partial charge >= 0.3 is 5.30 Å². The van der Waals surface area contributed by atoms with Gasteiger partial charge in [0.1, 0.15) is 0 Å². The van der Waals surface area contributed by atoms with Gasteiger partial charge in [-0.05, 0) is 12.1 Å². The third-order valence-corrected chi connectivity index (χ3v) is 1.27. The Kier molecular flexibility index (Phi) is 5.80. The van der Waals surface area contributed by atoms with E-state index >= 15 is 0 Å². The molecular formula is C9H13NO2S. The molecule has 1 aromatic rings. The molecule has 0 amide bonds. The molecule has 0 aromatic heterocycles. The van der Waals surface area contributed by atoms with Crippen molar-refractivity contribution in [1.82, 2.24) is 0 Å². The number of carboxylic acid groups (broad SMARTS) is 1. The molecule has 0 aliphatic heterocycles. The van der Waals surface area contributed by atoms with Gasteiger partial charge in [0.05, 0.1) is 0 Å². The van der Waals surface area contributed by atoms with Crippen LogP contribution in [0.5, 0.6) is 0 Å². The van der Waals surface area contributed by atoms with Crippen molar-refractivity contribution in [2.45, 2.75) is 0 Å². The van der Waals surface area contributed by atoms with Crippen LogP contribution in [0.4, 0.5) is 10.5 Å². The van der Waals surface area contributed by atoms with Crippen LogP contribution in [0, 0.1) is 0 Å². The molecule has 1 rings (SSSR count). The minimum absolute atomic E-state index is 1.14. The van der Waals surface area contributed by atoms with E-state index in [0.717, 1.165) is 0 Å². The molecule has 0 atom stereocenters. The number of thiol groups is 1. The molecule has 0 bridgehead atoms. The van der Waals surface area contributed by atoms with Crippen LogP contribution in [0.1, 0.15) is 0 Å². The van der Waals surface area contributed by atoms with E-state index in [1.54, 1.807) is 0 Å². The maximum Gasteiger partial charge on any atom is 0.361 e. The van der Waals surface area contributed by atoms with Gasteiger partial charge in [0.25, 0.3) is 0 Å². The first-order valence-electron chi connectivity index (χ1n) is 3.68. The normalized spacial score (nSPS) is 8.23. The van der Waals surface area contributed by atoms with E-state index < -0.39 is 5.30 Å². The van der Waals surface area contributed by atoms with Crippen LogP contribution in [0.3, 0.4) is 0 Å². The summed E-state index contributed by atoms with van der Waals surface area (Å²) >= 11 is 2.88. The molecule has 1 N–H and O–H groups in total. The Morgan fingerprint density at radius 2 is 1.69 bits per heavy atom. The number of para-hydroxylation sites is 1. The summed E-state index contributed by atoms with van der Waals surface area (Å²) in [6, 6.07) is 10.3. The molecule has 0 saturated carbocycles. The molecule has 0 fully saturated rings. The molecule has 0 heterocycles. The molecule has 13 heavy (non-hydrogen) atoms. The molecule has 1 aromatic carbocycles. The lowest BCUT2D eigenvalue weighted by Crippen LogP contribution is -2.07. The lowest BCUT2D eigenvalue weighted by Gasteiger charge is -2.10. The SMILES string of the molecule is CN(C)c1ccccc1.O=C(O)S. The second kappa shape index (κ2) is 6.37. The van der Waals surface area contributed by atoms with Crippen LogP contribution in [0.15, 0.2) is 30.3 Å². The zero-order chi connectivity index (χ0) is 10.3. The lowest BCUT2D eigenvalue weighted by molar-refractivity contribution is 0.222. The summed E-state index contributed by atoms with van der Waals surface area (Å²) in [6.45, 7) is 0. The smallest absolute Gasteiger partial charge is 0.361 e. The Hall–Kier alpha value is -1.16. The number of benzene rings is 1. The molecular weight excluding hydrogens is 186 g/mol. The Labute approximate surface area is 83.4 Å². The molecule has 0 radical (unpaired) electrons. The summed E-state index contributed by atoms with van der Waals surface area (Å²) < 4.78 is 0. The molecule has 72 valence electrons. The van der Waals surface area contributed by atoms with Gasteiger partial charge in [-0.2, -0.15) is 0 Å². The first kappa shape index (κ1) is 11.8. The van der Waals surface area contributed by atoms with E-state index in [-0.39, 0.29) is 0 Å². The summed E-state index contributed by atoms with van der Waals surface area (Å²) in [6.07, 6.45) is 0.